The minimum atomic E-state index is -4.12. The Morgan fingerprint density at radius 3 is 2.27 bits per heavy atom. The second kappa shape index (κ2) is 4.50. The Bertz CT molecular complexity index is 107. The number of alkyl halides is 4. The molecule has 11 heavy (non-hydrogen) atoms. The number of halogens is 4. The van der Waals surface area contributed by atoms with Crippen molar-refractivity contribution in [3.8, 4) is 0 Å². The fraction of sp³-hybridized carbons (Fsp3) is 1.00. The Hall–Kier alpha value is -0.360. The lowest BCUT2D eigenvalue weighted by molar-refractivity contribution is -0.167. The molecule has 0 aromatic rings. The molecule has 68 valence electrons. The molecule has 0 aliphatic carbocycles. The third-order valence-corrected chi connectivity index (χ3v) is 0.849. The standard InChI is InChI=1S/C5H8F4O2/c6-4(7)5(8,9)3-11-2-1-10/h4,10H,1-3H2. The lowest BCUT2D eigenvalue weighted by atomic mass is 10.4. The van der Waals surface area contributed by atoms with E-state index < -0.39 is 25.6 Å². The first-order valence-corrected chi connectivity index (χ1v) is 2.85. The second-order valence-corrected chi connectivity index (χ2v) is 1.84. The number of hydrogen-bond acceptors (Lipinski definition) is 2. The maximum Gasteiger partial charge on any atom is 0.330 e. The monoisotopic (exact) mass is 176 g/mol. The minimum absolute atomic E-state index is 0.359. The highest BCUT2D eigenvalue weighted by Crippen LogP contribution is 2.22. The van der Waals surface area contributed by atoms with Crippen molar-refractivity contribution in [2.75, 3.05) is 19.8 Å². The summed E-state index contributed by atoms with van der Waals surface area (Å²) in [5.41, 5.74) is 0. The summed E-state index contributed by atoms with van der Waals surface area (Å²) < 4.78 is 50.5. The van der Waals surface area contributed by atoms with Crippen LogP contribution in [0.5, 0.6) is 0 Å². The van der Waals surface area contributed by atoms with E-state index in [9.17, 15) is 17.6 Å². The Morgan fingerprint density at radius 2 is 1.91 bits per heavy atom. The zero-order chi connectivity index (χ0) is 8.91. The van der Waals surface area contributed by atoms with Gasteiger partial charge in [0.15, 0.2) is 0 Å². The van der Waals surface area contributed by atoms with Gasteiger partial charge < -0.3 is 9.84 Å². The SMILES string of the molecule is OCCOCC(F)(F)C(F)F. The van der Waals surface area contributed by atoms with Gasteiger partial charge in [-0.1, -0.05) is 0 Å². The maximum atomic E-state index is 11.9. The Morgan fingerprint density at radius 1 is 1.36 bits per heavy atom. The van der Waals surface area contributed by atoms with Crippen LogP contribution in [0.2, 0.25) is 0 Å². The zero-order valence-electron chi connectivity index (χ0n) is 5.57. The summed E-state index contributed by atoms with van der Waals surface area (Å²) in [5, 5.41) is 8.04. The lowest BCUT2D eigenvalue weighted by Crippen LogP contribution is -2.32. The molecule has 0 spiro atoms. The molecule has 0 rings (SSSR count). The molecule has 0 aromatic heterocycles. The summed E-state index contributed by atoms with van der Waals surface area (Å²) >= 11 is 0. The highest BCUT2D eigenvalue weighted by molar-refractivity contribution is 4.67. The Labute approximate surface area is 60.8 Å². The van der Waals surface area contributed by atoms with Gasteiger partial charge in [0.2, 0.25) is 0 Å². The van der Waals surface area contributed by atoms with Gasteiger partial charge in [-0.25, -0.2) is 8.78 Å². The summed E-state index contributed by atoms with van der Waals surface area (Å²) in [6.45, 7) is -2.17. The van der Waals surface area contributed by atoms with E-state index in [1.54, 1.807) is 0 Å². The van der Waals surface area contributed by atoms with Crippen LogP contribution < -0.4 is 0 Å². The third kappa shape index (κ3) is 4.15. The summed E-state index contributed by atoms with van der Waals surface area (Å²) in [6.07, 6.45) is -3.72. The van der Waals surface area contributed by atoms with Crippen molar-refractivity contribution in [2.45, 2.75) is 12.3 Å². The van der Waals surface area contributed by atoms with Gasteiger partial charge >= 0.3 is 12.3 Å². The largest absolute Gasteiger partial charge is 0.394 e. The fourth-order valence-corrected chi connectivity index (χ4v) is 0.336. The number of ether oxygens (including phenoxy) is 1. The molecular weight excluding hydrogens is 168 g/mol. The average molecular weight is 176 g/mol. The van der Waals surface area contributed by atoms with Crippen LogP contribution in [0.25, 0.3) is 0 Å². The first kappa shape index (κ1) is 10.6. The van der Waals surface area contributed by atoms with Gasteiger partial charge in [-0.2, -0.15) is 8.78 Å². The molecular formula is C5H8F4O2. The number of hydrogen-bond donors (Lipinski definition) is 1. The summed E-state index contributed by atoms with van der Waals surface area (Å²) in [5.74, 6) is -4.12. The lowest BCUT2D eigenvalue weighted by Gasteiger charge is -2.14. The summed E-state index contributed by atoms with van der Waals surface area (Å²) in [7, 11) is 0. The zero-order valence-corrected chi connectivity index (χ0v) is 5.57. The minimum Gasteiger partial charge on any atom is -0.394 e. The number of rotatable bonds is 5. The molecule has 0 bridgehead atoms. The predicted octanol–water partition coefficient (Wildman–Crippen LogP) is 0.896. The van der Waals surface area contributed by atoms with E-state index in [1.165, 1.54) is 0 Å². The average Bonchev–Trinajstić information content (AvgIpc) is 1.88. The topological polar surface area (TPSA) is 29.5 Å². The highest BCUT2D eigenvalue weighted by atomic mass is 19.3. The Balaban J connectivity index is 3.55. The second-order valence-electron chi connectivity index (χ2n) is 1.84. The van der Waals surface area contributed by atoms with E-state index in [-0.39, 0.29) is 6.61 Å². The third-order valence-electron chi connectivity index (χ3n) is 0.849. The van der Waals surface area contributed by atoms with Crippen molar-refractivity contribution in [1.82, 2.24) is 0 Å². The van der Waals surface area contributed by atoms with Crippen molar-refractivity contribution < 1.29 is 27.4 Å². The molecule has 0 unspecified atom stereocenters. The molecule has 0 saturated heterocycles. The first-order valence-electron chi connectivity index (χ1n) is 2.85. The Kier molecular flexibility index (Phi) is 4.36. The van der Waals surface area contributed by atoms with E-state index >= 15 is 0 Å². The highest BCUT2D eigenvalue weighted by Gasteiger charge is 2.40. The summed E-state index contributed by atoms with van der Waals surface area (Å²) in [6, 6.07) is 0. The molecule has 2 nitrogen and oxygen atoms in total. The molecule has 0 radical (unpaired) electrons. The predicted molar refractivity (Wildman–Crippen MR) is 28.9 cm³/mol. The van der Waals surface area contributed by atoms with Gasteiger partial charge in [-0.05, 0) is 0 Å². The van der Waals surface area contributed by atoms with Crippen LogP contribution in [0.3, 0.4) is 0 Å². The maximum absolute atomic E-state index is 11.9. The van der Waals surface area contributed by atoms with Crippen LogP contribution in [0.1, 0.15) is 0 Å². The van der Waals surface area contributed by atoms with E-state index in [1.807, 2.05) is 0 Å². The molecule has 0 aromatic carbocycles. The van der Waals surface area contributed by atoms with Gasteiger partial charge in [0.05, 0.1) is 13.2 Å². The molecule has 0 heterocycles. The van der Waals surface area contributed by atoms with E-state index in [0.29, 0.717) is 0 Å². The first-order chi connectivity index (χ1) is 5.00. The van der Waals surface area contributed by atoms with Crippen molar-refractivity contribution in [3.05, 3.63) is 0 Å². The quantitative estimate of drug-likeness (QED) is 0.498. The molecule has 0 aliphatic heterocycles. The molecule has 0 atom stereocenters. The summed E-state index contributed by atoms with van der Waals surface area (Å²) in [4.78, 5) is 0. The fourth-order valence-electron chi connectivity index (χ4n) is 0.336. The van der Waals surface area contributed by atoms with Crippen molar-refractivity contribution in [3.63, 3.8) is 0 Å². The van der Waals surface area contributed by atoms with Gasteiger partial charge in [0, 0.05) is 0 Å². The molecule has 0 aliphatic rings. The van der Waals surface area contributed by atoms with Crippen molar-refractivity contribution >= 4 is 0 Å². The van der Waals surface area contributed by atoms with E-state index in [4.69, 9.17) is 5.11 Å². The number of aliphatic hydroxyl groups excluding tert-OH is 1. The van der Waals surface area contributed by atoms with Gasteiger partial charge in [0.1, 0.15) is 6.61 Å². The molecule has 6 heteroatoms. The molecule has 1 N–H and O–H groups in total. The van der Waals surface area contributed by atoms with Crippen molar-refractivity contribution in [2.24, 2.45) is 0 Å². The van der Waals surface area contributed by atoms with Gasteiger partial charge in [0.25, 0.3) is 0 Å². The molecule has 0 saturated carbocycles. The van der Waals surface area contributed by atoms with Crippen LogP contribution in [-0.4, -0.2) is 37.3 Å². The van der Waals surface area contributed by atoms with Crippen LogP contribution in [0.4, 0.5) is 17.6 Å². The van der Waals surface area contributed by atoms with Crippen molar-refractivity contribution in [1.29, 1.82) is 0 Å². The smallest absolute Gasteiger partial charge is 0.330 e. The molecule has 0 amide bonds. The number of aliphatic hydroxyl groups is 1. The van der Waals surface area contributed by atoms with Crippen LogP contribution in [0, 0.1) is 0 Å². The molecule has 0 fully saturated rings. The van der Waals surface area contributed by atoms with Crippen LogP contribution in [0.15, 0.2) is 0 Å². The van der Waals surface area contributed by atoms with Gasteiger partial charge in [-0.15, -0.1) is 0 Å². The van der Waals surface area contributed by atoms with Crippen LogP contribution in [-0.2, 0) is 4.74 Å². The van der Waals surface area contributed by atoms with E-state index in [0.717, 1.165) is 0 Å². The van der Waals surface area contributed by atoms with Gasteiger partial charge in [-0.3, -0.25) is 0 Å². The normalized spacial score (nSPS) is 12.5. The van der Waals surface area contributed by atoms with E-state index in [2.05, 4.69) is 4.74 Å². The van der Waals surface area contributed by atoms with Crippen LogP contribution >= 0.6 is 0 Å².